The molecule has 0 unspecified atom stereocenters. The molecule has 3 rings (SSSR count). The van der Waals surface area contributed by atoms with Crippen molar-refractivity contribution >= 4 is 34.3 Å². The van der Waals surface area contributed by atoms with Crippen molar-refractivity contribution in [3.63, 3.8) is 0 Å². The zero-order valence-electron chi connectivity index (χ0n) is 13.5. The molecule has 4 N–H and O–H groups in total. The Morgan fingerprint density at radius 2 is 1.73 bits per heavy atom. The summed E-state index contributed by atoms with van der Waals surface area (Å²) in [4.78, 5) is 34.1. The SMILES string of the molecule is NC(=O)Nc1cccc(NC(=O)COc2ccc3ccc(=O)oc3c2)c1. The maximum absolute atomic E-state index is 12.0. The van der Waals surface area contributed by atoms with Crippen LogP contribution >= 0.6 is 0 Å². The summed E-state index contributed by atoms with van der Waals surface area (Å²) >= 11 is 0. The molecule has 26 heavy (non-hydrogen) atoms. The minimum absolute atomic E-state index is 0.240. The Kier molecular flexibility index (Phi) is 4.84. The monoisotopic (exact) mass is 353 g/mol. The number of carbonyl (C=O) groups excluding carboxylic acids is 2. The van der Waals surface area contributed by atoms with Crippen LogP contribution in [0.4, 0.5) is 16.2 Å². The van der Waals surface area contributed by atoms with Gasteiger partial charge in [-0.3, -0.25) is 4.79 Å². The van der Waals surface area contributed by atoms with Crippen LogP contribution in [0.2, 0.25) is 0 Å². The molecule has 132 valence electrons. The molecule has 0 saturated heterocycles. The molecule has 0 bridgehead atoms. The highest BCUT2D eigenvalue weighted by Gasteiger charge is 2.06. The van der Waals surface area contributed by atoms with E-state index >= 15 is 0 Å². The normalized spacial score (nSPS) is 10.3. The summed E-state index contributed by atoms with van der Waals surface area (Å²) in [5.74, 6) is 0.00184. The molecule has 3 amide bonds. The number of benzene rings is 2. The molecule has 0 saturated carbocycles. The summed E-state index contributed by atoms with van der Waals surface area (Å²) in [6.45, 7) is -0.240. The van der Waals surface area contributed by atoms with E-state index in [0.29, 0.717) is 22.7 Å². The Labute approximate surface area is 147 Å². The smallest absolute Gasteiger partial charge is 0.336 e. The molecule has 0 atom stereocenters. The van der Waals surface area contributed by atoms with E-state index < -0.39 is 17.6 Å². The van der Waals surface area contributed by atoms with Crippen molar-refractivity contribution < 1.29 is 18.7 Å². The maximum Gasteiger partial charge on any atom is 0.336 e. The first kappa shape index (κ1) is 17.0. The van der Waals surface area contributed by atoms with Gasteiger partial charge in [-0.25, -0.2) is 9.59 Å². The lowest BCUT2D eigenvalue weighted by atomic mass is 10.2. The van der Waals surface area contributed by atoms with Crippen LogP contribution in [0.25, 0.3) is 11.0 Å². The number of amides is 3. The fraction of sp³-hybridized carbons (Fsp3) is 0.0556. The van der Waals surface area contributed by atoms with E-state index in [0.717, 1.165) is 5.39 Å². The van der Waals surface area contributed by atoms with E-state index in [2.05, 4.69) is 10.6 Å². The van der Waals surface area contributed by atoms with Gasteiger partial charge in [-0.15, -0.1) is 0 Å². The fourth-order valence-electron chi connectivity index (χ4n) is 2.29. The Hall–Kier alpha value is -3.81. The van der Waals surface area contributed by atoms with Crippen molar-refractivity contribution in [2.24, 2.45) is 5.73 Å². The van der Waals surface area contributed by atoms with Crippen LogP contribution in [0.5, 0.6) is 5.75 Å². The number of hydrogen-bond donors (Lipinski definition) is 3. The van der Waals surface area contributed by atoms with Crippen LogP contribution in [0.15, 0.2) is 63.8 Å². The number of anilines is 2. The molecule has 0 radical (unpaired) electrons. The summed E-state index contributed by atoms with van der Waals surface area (Å²) < 4.78 is 10.5. The largest absolute Gasteiger partial charge is 0.484 e. The van der Waals surface area contributed by atoms with E-state index in [1.54, 1.807) is 48.5 Å². The molecule has 0 aliphatic rings. The zero-order valence-corrected chi connectivity index (χ0v) is 13.5. The van der Waals surface area contributed by atoms with E-state index in [4.69, 9.17) is 14.9 Å². The lowest BCUT2D eigenvalue weighted by Crippen LogP contribution is -2.21. The Bertz CT molecular complexity index is 1030. The van der Waals surface area contributed by atoms with Crippen LogP contribution in [0.3, 0.4) is 0 Å². The van der Waals surface area contributed by atoms with Crippen molar-refractivity contribution in [1.29, 1.82) is 0 Å². The number of fused-ring (bicyclic) bond motifs is 1. The van der Waals surface area contributed by atoms with Crippen LogP contribution in [-0.4, -0.2) is 18.5 Å². The third kappa shape index (κ3) is 4.38. The number of nitrogens with two attached hydrogens (primary N) is 1. The van der Waals surface area contributed by atoms with Crippen molar-refractivity contribution in [2.75, 3.05) is 17.2 Å². The standard InChI is InChI=1S/C18H15N3O5/c19-18(24)21-13-3-1-2-12(8-13)20-16(22)10-25-14-6-4-11-5-7-17(23)26-15(11)9-14/h1-9H,10H2,(H,20,22)(H3,19,21,24). The van der Waals surface area contributed by atoms with Gasteiger partial charge in [0.15, 0.2) is 6.61 Å². The Morgan fingerprint density at radius 3 is 2.50 bits per heavy atom. The molecular weight excluding hydrogens is 338 g/mol. The topological polar surface area (TPSA) is 124 Å². The van der Waals surface area contributed by atoms with Gasteiger partial charge in [-0.1, -0.05) is 6.07 Å². The second-order valence-corrected chi connectivity index (χ2v) is 5.36. The van der Waals surface area contributed by atoms with Gasteiger partial charge >= 0.3 is 11.7 Å². The van der Waals surface area contributed by atoms with E-state index in [9.17, 15) is 14.4 Å². The summed E-state index contributed by atoms with van der Waals surface area (Å²) in [5.41, 5.74) is 5.91. The minimum atomic E-state index is -0.695. The lowest BCUT2D eigenvalue weighted by Gasteiger charge is -2.09. The second kappa shape index (κ2) is 7.39. The first-order chi connectivity index (χ1) is 12.5. The summed E-state index contributed by atoms with van der Waals surface area (Å²) in [7, 11) is 0. The molecule has 0 aliphatic heterocycles. The van der Waals surface area contributed by atoms with E-state index in [1.807, 2.05) is 0 Å². The van der Waals surface area contributed by atoms with Gasteiger partial charge in [0.05, 0.1) is 0 Å². The van der Waals surface area contributed by atoms with Gasteiger partial charge in [-0.05, 0) is 36.4 Å². The molecule has 8 nitrogen and oxygen atoms in total. The highest BCUT2D eigenvalue weighted by Crippen LogP contribution is 2.19. The van der Waals surface area contributed by atoms with Crippen LogP contribution in [-0.2, 0) is 4.79 Å². The molecule has 0 aliphatic carbocycles. The van der Waals surface area contributed by atoms with E-state index in [1.165, 1.54) is 6.07 Å². The lowest BCUT2D eigenvalue weighted by molar-refractivity contribution is -0.118. The van der Waals surface area contributed by atoms with Crippen molar-refractivity contribution in [2.45, 2.75) is 0 Å². The van der Waals surface area contributed by atoms with Gasteiger partial charge in [-0.2, -0.15) is 0 Å². The first-order valence-corrected chi connectivity index (χ1v) is 7.63. The van der Waals surface area contributed by atoms with Gasteiger partial charge in [0.2, 0.25) is 0 Å². The number of hydrogen-bond acceptors (Lipinski definition) is 5. The molecule has 1 aromatic heterocycles. The van der Waals surface area contributed by atoms with Crippen LogP contribution < -0.4 is 26.7 Å². The first-order valence-electron chi connectivity index (χ1n) is 7.63. The Balaban J connectivity index is 1.62. The number of rotatable bonds is 5. The fourth-order valence-corrected chi connectivity index (χ4v) is 2.29. The number of ether oxygens (including phenoxy) is 1. The van der Waals surface area contributed by atoms with Gasteiger partial charge in [0.25, 0.3) is 5.91 Å². The zero-order chi connectivity index (χ0) is 18.5. The number of urea groups is 1. The number of nitrogens with one attached hydrogen (secondary N) is 2. The average molecular weight is 353 g/mol. The number of primary amides is 1. The molecule has 3 aromatic rings. The minimum Gasteiger partial charge on any atom is -0.484 e. The Morgan fingerprint density at radius 1 is 1.00 bits per heavy atom. The number of carbonyl (C=O) groups is 2. The summed E-state index contributed by atoms with van der Waals surface area (Å²) in [6, 6.07) is 13.7. The molecule has 8 heteroatoms. The molecule has 1 heterocycles. The highest BCUT2D eigenvalue weighted by atomic mass is 16.5. The quantitative estimate of drug-likeness (QED) is 0.607. The predicted octanol–water partition coefficient (Wildman–Crippen LogP) is 2.30. The van der Waals surface area contributed by atoms with Crippen LogP contribution in [0.1, 0.15) is 0 Å². The molecular formula is C18H15N3O5. The van der Waals surface area contributed by atoms with Gasteiger partial charge in [0, 0.05) is 28.9 Å². The summed E-state index contributed by atoms with van der Waals surface area (Å²) in [6.07, 6.45) is 0. The molecule has 2 aromatic carbocycles. The molecule has 0 fully saturated rings. The van der Waals surface area contributed by atoms with E-state index in [-0.39, 0.29) is 6.61 Å². The van der Waals surface area contributed by atoms with Crippen molar-refractivity contribution in [3.05, 3.63) is 65.0 Å². The molecule has 0 spiro atoms. The van der Waals surface area contributed by atoms with Crippen molar-refractivity contribution in [1.82, 2.24) is 0 Å². The average Bonchev–Trinajstić information content (AvgIpc) is 2.59. The highest BCUT2D eigenvalue weighted by molar-refractivity contribution is 5.93. The second-order valence-electron chi connectivity index (χ2n) is 5.36. The third-order valence-corrected chi connectivity index (χ3v) is 3.38. The predicted molar refractivity (Wildman–Crippen MR) is 96.3 cm³/mol. The van der Waals surface area contributed by atoms with Gasteiger partial charge in [0.1, 0.15) is 11.3 Å². The third-order valence-electron chi connectivity index (χ3n) is 3.38. The maximum atomic E-state index is 12.0. The van der Waals surface area contributed by atoms with Crippen molar-refractivity contribution in [3.8, 4) is 5.75 Å². The summed E-state index contributed by atoms with van der Waals surface area (Å²) in [5, 5.41) is 5.81. The van der Waals surface area contributed by atoms with Crippen LogP contribution in [0, 0.1) is 0 Å². The van der Waals surface area contributed by atoms with Gasteiger partial charge < -0.3 is 25.5 Å².